The number of nitrogens with two attached hydrogens (primary N) is 1. The zero-order valence-electron chi connectivity index (χ0n) is 6.99. The van der Waals surface area contributed by atoms with Gasteiger partial charge in [0, 0.05) is 24.1 Å². The van der Waals surface area contributed by atoms with Crippen LogP contribution in [0.1, 0.15) is 0 Å². The largest absolute Gasteiger partial charge is 0.384 e. The molecule has 0 fully saturated rings. The molecule has 0 spiro atoms. The Labute approximate surface area is 93.7 Å². The molecule has 2 N–H and O–H groups in total. The highest BCUT2D eigenvalue weighted by Gasteiger charge is 2.05. The van der Waals surface area contributed by atoms with E-state index in [1.165, 1.54) is 2.88 Å². The van der Waals surface area contributed by atoms with Crippen LogP contribution in [0.4, 0.5) is 5.82 Å². The average molecular weight is 305 g/mol. The Hall–Kier alpha value is -0.560. The highest BCUT2D eigenvalue weighted by atomic mass is 127. The lowest BCUT2D eigenvalue weighted by atomic mass is 10.2. The number of hydrogen-bond donors (Lipinski definition) is 1. The molecule has 0 aliphatic rings. The standard InChI is InChI=1S/C8H8IN3S/c1-12-8(10)3-6(11-12)5-2-7(9)13-4-5/h2-4H,10H2,1H3. The molecule has 0 bridgehead atoms. The summed E-state index contributed by atoms with van der Waals surface area (Å²) in [7, 11) is 1.84. The molecule has 2 heterocycles. The molecule has 0 aromatic carbocycles. The Balaban J connectivity index is 2.46. The summed E-state index contributed by atoms with van der Waals surface area (Å²) in [5.74, 6) is 0.691. The van der Waals surface area contributed by atoms with Crippen LogP contribution in [0.3, 0.4) is 0 Å². The van der Waals surface area contributed by atoms with Gasteiger partial charge in [-0.3, -0.25) is 4.68 Å². The Bertz CT molecular complexity index is 413. The fraction of sp³-hybridized carbons (Fsp3) is 0.125. The molecule has 0 radical (unpaired) electrons. The van der Waals surface area contributed by atoms with Gasteiger partial charge in [0.05, 0.1) is 8.58 Å². The first-order chi connectivity index (χ1) is 6.16. The monoisotopic (exact) mass is 305 g/mol. The topological polar surface area (TPSA) is 43.8 Å². The highest BCUT2D eigenvalue weighted by Crippen LogP contribution is 2.26. The van der Waals surface area contributed by atoms with Crippen molar-refractivity contribution >= 4 is 39.7 Å². The first-order valence-corrected chi connectivity index (χ1v) is 5.66. The molecule has 0 atom stereocenters. The van der Waals surface area contributed by atoms with Crippen molar-refractivity contribution in [2.75, 3.05) is 5.73 Å². The summed E-state index contributed by atoms with van der Waals surface area (Å²) >= 11 is 4.01. The predicted octanol–water partition coefficient (Wildman–Crippen LogP) is 2.34. The van der Waals surface area contributed by atoms with E-state index in [1.54, 1.807) is 16.0 Å². The van der Waals surface area contributed by atoms with Gasteiger partial charge in [0.2, 0.25) is 0 Å². The zero-order valence-corrected chi connectivity index (χ0v) is 9.96. The van der Waals surface area contributed by atoms with Crippen LogP contribution in [0.5, 0.6) is 0 Å². The first-order valence-electron chi connectivity index (χ1n) is 3.71. The smallest absolute Gasteiger partial charge is 0.121 e. The summed E-state index contributed by atoms with van der Waals surface area (Å²) in [6.45, 7) is 0. The number of aromatic nitrogens is 2. The van der Waals surface area contributed by atoms with Gasteiger partial charge < -0.3 is 5.73 Å². The molecule has 13 heavy (non-hydrogen) atoms. The fourth-order valence-corrected chi connectivity index (χ4v) is 2.41. The quantitative estimate of drug-likeness (QED) is 0.822. The second kappa shape index (κ2) is 3.30. The maximum atomic E-state index is 5.69. The van der Waals surface area contributed by atoms with E-state index in [2.05, 4.69) is 39.1 Å². The van der Waals surface area contributed by atoms with Crippen molar-refractivity contribution in [1.29, 1.82) is 0 Å². The molecule has 0 aliphatic carbocycles. The number of halogens is 1. The van der Waals surface area contributed by atoms with Gasteiger partial charge in [-0.15, -0.1) is 11.3 Å². The van der Waals surface area contributed by atoms with Crippen LogP contribution in [0.15, 0.2) is 17.5 Å². The SMILES string of the molecule is Cn1nc(-c2csc(I)c2)cc1N. The molecule has 0 saturated heterocycles. The molecule has 0 unspecified atom stereocenters. The minimum Gasteiger partial charge on any atom is -0.384 e. The van der Waals surface area contributed by atoms with E-state index in [-0.39, 0.29) is 0 Å². The molecule has 0 saturated carbocycles. The summed E-state index contributed by atoms with van der Waals surface area (Å²) < 4.78 is 2.94. The van der Waals surface area contributed by atoms with Crippen LogP contribution in [-0.2, 0) is 7.05 Å². The molecule has 0 amide bonds. The summed E-state index contributed by atoms with van der Waals surface area (Å²) in [5, 5.41) is 6.38. The van der Waals surface area contributed by atoms with E-state index >= 15 is 0 Å². The maximum Gasteiger partial charge on any atom is 0.121 e. The van der Waals surface area contributed by atoms with Crippen molar-refractivity contribution in [3.05, 3.63) is 20.4 Å². The van der Waals surface area contributed by atoms with Crippen molar-refractivity contribution in [1.82, 2.24) is 9.78 Å². The van der Waals surface area contributed by atoms with Gasteiger partial charge in [0.15, 0.2) is 0 Å². The van der Waals surface area contributed by atoms with E-state index < -0.39 is 0 Å². The Morgan fingerprint density at radius 1 is 1.54 bits per heavy atom. The van der Waals surface area contributed by atoms with Crippen molar-refractivity contribution in [3.8, 4) is 11.3 Å². The average Bonchev–Trinajstić information content (AvgIpc) is 2.61. The van der Waals surface area contributed by atoms with E-state index in [4.69, 9.17) is 5.73 Å². The third-order valence-corrected chi connectivity index (χ3v) is 3.57. The van der Waals surface area contributed by atoms with E-state index in [1.807, 2.05) is 13.1 Å². The van der Waals surface area contributed by atoms with Gasteiger partial charge in [-0.25, -0.2) is 0 Å². The number of aryl methyl sites for hydroxylation is 1. The highest BCUT2D eigenvalue weighted by molar-refractivity contribution is 14.1. The van der Waals surface area contributed by atoms with Gasteiger partial charge in [-0.2, -0.15) is 5.10 Å². The number of nitrogen functional groups attached to an aromatic ring is 1. The Morgan fingerprint density at radius 3 is 2.77 bits per heavy atom. The van der Waals surface area contributed by atoms with Crippen LogP contribution in [0, 0.1) is 2.88 Å². The second-order valence-electron chi connectivity index (χ2n) is 2.72. The van der Waals surface area contributed by atoms with E-state index in [9.17, 15) is 0 Å². The molecular formula is C8H8IN3S. The minimum atomic E-state index is 0.691. The van der Waals surface area contributed by atoms with Crippen LogP contribution >= 0.6 is 33.9 Å². The lowest BCUT2D eigenvalue weighted by molar-refractivity contribution is 0.782. The van der Waals surface area contributed by atoms with Crippen LogP contribution in [0.25, 0.3) is 11.3 Å². The normalized spacial score (nSPS) is 10.6. The molecule has 2 aromatic heterocycles. The zero-order chi connectivity index (χ0) is 9.42. The minimum absolute atomic E-state index is 0.691. The summed E-state index contributed by atoms with van der Waals surface area (Å²) in [4.78, 5) is 0. The second-order valence-corrected chi connectivity index (χ2v) is 5.52. The molecule has 3 nitrogen and oxygen atoms in total. The van der Waals surface area contributed by atoms with Crippen molar-refractivity contribution in [2.45, 2.75) is 0 Å². The van der Waals surface area contributed by atoms with Gasteiger partial charge in [0.1, 0.15) is 5.82 Å². The number of anilines is 1. The molecule has 0 aliphatic heterocycles. The number of hydrogen-bond acceptors (Lipinski definition) is 3. The number of nitrogens with zero attached hydrogens (tertiary/aromatic N) is 2. The van der Waals surface area contributed by atoms with Crippen LogP contribution in [-0.4, -0.2) is 9.78 Å². The lowest BCUT2D eigenvalue weighted by Crippen LogP contribution is -1.96. The molecule has 5 heteroatoms. The summed E-state index contributed by atoms with van der Waals surface area (Å²) in [6, 6.07) is 3.99. The summed E-state index contributed by atoms with van der Waals surface area (Å²) in [6.07, 6.45) is 0. The van der Waals surface area contributed by atoms with Crippen molar-refractivity contribution in [2.24, 2.45) is 7.05 Å². The van der Waals surface area contributed by atoms with Gasteiger partial charge in [0.25, 0.3) is 0 Å². The van der Waals surface area contributed by atoms with E-state index in [0.717, 1.165) is 11.3 Å². The molecule has 68 valence electrons. The van der Waals surface area contributed by atoms with Crippen molar-refractivity contribution < 1.29 is 0 Å². The van der Waals surface area contributed by atoms with Crippen molar-refractivity contribution in [3.63, 3.8) is 0 Å². The van der Waals surface area contributed by atoms with Gasteiger partial charge in [-0.05, 0) is 28.7 Å². The molecular weight excluding hydrogens is 297 g/mol. The Morgan fingerprint density at radius 2 is 2.31 bits per heavy atom. The third-order valence-electron chi connectivity index (χ3n) is 1.78. The van der Waals surface area contributed by atoms with Crippen LogP contribution < -0.4 is 5.73 Å². The van der Waals surface area contributed by atoms with Crippen LogP contribution in [0.2, 0.25) is 0 Å². The maximum absolute atomic E-state index is 5.69. The number of thiophene rings is 1. The predicted molar refractivity (Wildman–Crippen MR) is 63.7 cm³/mol. The first kappa shape index (κ1) is 9.01. The van der Waals surface area contributed by atoms with Gasteiger partial charge >= 0.3 is 0 Å². The van der Waals surface area contributed by atoms with Gasteiger partial charge in [-0.1, -0.05) is 0 Å². The Kier molecular flexibility index (Phi) is 2.29. The molecule has 2 rings (SSSR count). The number of rotatable bonds is 1. The lowest BCUT2D eigenvalue weighted by Gasteiger charge is -1.89. The summed E-state index contributed by atoms with van der Waals surface area (Å²) in [5.41, 5.74) is 7.77. The fourth-order valence-electron chi connectivity index (χ4n) is 1.07. The third kappa shape index (κ3) is 1.71. The molecule has 2 aromatic rings. The van der Waals surface area contributed by atoms with E-state index in [0.29, 0.717) is 5.82 Å².